The Morgan fingerprint density at radius 1 is 1.33 bits per heavy atom. The van der Waals surface area contributed by atoms with Crippen LogP contribution < -0.4 is 0 Å². The van der Waals surface area contributed by atoms with Gasteiger partial charge in [-0.2, -0.15) is 5.10 Å². The first-order valence-electron chi connectivity index (χ1n) is 7.16. The molecule has 2 aromatic heterocycles. The summed E-state index contributed by atoms with van der Waals surface area (Å²) < 4.78 is 1.96. The van der Waals surface area contributed by atoms with Gasteiger partial charge in [0.25, 0.3) is 5.91 Å². The van der Waals surface area contributed by atoms with Crippen LogP contribution in [0.15, 0.2) is 5.38 Å². The average molecular weight is 305 g/mol. The molecule has 7 heteroatoms. The van der Waals surface area contributed by atoms with Crippen LogP contribution in [-0.4, -0.2) is 43.6 Å². The number of likely N-dealkylation sites (tertiary alicyclic amines) is 1. The van der Waals surface area contributed by atoms with Gasteiger partial charge in [-0.05, 0) is 33.6 Å². The quantitative estimate of drug-likeness (QED) is 0.852. The van der Waals surface area contributed by atoms with Crippen LogP contribution in [0, 0.1) is 20.8 Å². The van der Waals surface area contributed by atoms with Gasteiger partial charge in [0.2, 0.25) is 0 Å². The van der Waals surface area contributed by atoms with E-state index in [1.807, 2.05) is 35.7 Å². The molecule has 21 heavy (non-hydrogen) atoms. The van der Waals surface area contributed by atoms with Gasteiger partial charge in [-0.15, -0.1) is 11.3 Å². The molecule has 1 aliphatic rings. The molecule has 1 aliphatic heterocycles. The summed E-state index contributed by atoms with van der Waals surface area (Å²) in [4.78, 5) is 23.0. The summed E-state index contributed by atoms with van der Waals surface area (Å²) in [5.41, 5.74) is 0.560. The van der Waals surface area contributed by atoms with Crippen molar-refractivity contribution in [2.75, 3.05) is 13.1 Å². The Hall–Kier alpha value is -1.76. The van der Waals surface area contributed by atoms with Gasteiger partial charge in [-0.1, -0.05) is 0 Å². The molecule has 0 bridgehead atoms. The largest absolute Gasteiger partial charge is 0.335 e. The normalized spacial score (nSPS) is 19.0. The Morgan fingerprint density at radius 3 is 2.76 bits per heavy atom. The van der Waals surface area contributed by atoms with E-state index in [4.69, 9.17) is 0 Å². The zero-order valence-electron chi connectivity index (χ0n) is 12.5. The van der Waals surface area contributed by atoms with Gasteiger partial charge in [0, 0.05) is 18.5 Å². The van der Waals surface area contributed by atoms with Crippen molar-refractivity contribution in [3.8, 4) is 0 Å². The second kappa shape index (κ2) is 5.55. The number of carbonyl (C=O) groups is 1. The molecule has 0 N–H and O–H groups in total. The van der Waals surface area contributed by atoms with Crippen molar-refractivity contribution < 1.29 is 4.79 Å². The van der Waals surface area contributed by atoms with Gasteiger partial charge in [-0.3, -0.25) is 4.79 Å². The molecular formula is C14H19N5OS. The van der Waals surface area contributed by atoms with Crippen LogP contribution in [-0.2, 0) is 0 Å². The number of aromatic nitrogens is 4. The van der Waals surface area contributed by atoms with Crippen molar-refractivity contribution in [2.24, 2.45) is 0 Å². The summed E-state index contributed by atoms with van der Waals surface area (Å²) in [6.07, 6.45) is 2.02. The molecule has 0 saturated carbocycles. The highest BCUT2D eigenvalue weighted by Crippen LogP contribution is 2.23. The summed E-state index contributed by atoms with van der Waals surface area (Å²) in [6.45, 7) is 7.25. The van der Waals surface area contributed by atoms with Gasteiger partial charge in [0.15, 0.2) is 0 Å². The summed E-state index contributed by atoms with van der Waals surface area (Å²) in [6, 6.07) is 0.212. The zero-order valence-corrected chi connectivity index (χ0v) is 13.4. The van der Waals surface area contributed by atoms with Crippen LogP contribution in [0.2, 0.25) is 0 Å². The summed E-state index contributed by atoms with van der Waals surface area (Å²) in [7, 11) is 0. The fourth-order valence-electron chi connectivity index (χ4n) is 2.84. The third-order valence-corrected chi connectivity index (χ3v) is 4.55. The standard InChI is InChI=1S/C14H19N5OS/c1-9-15-10(2)19(17-9)12-5-4-6-18(7-12)14(20)13-8-21-11(3)16-13/h8,12H,4-7H2,1-3H3/t12-/m1/s1. The summed E-state index contributed by atoms with van der Waals surface area (Å²) in [5.74, 6) is 1.72. The highest BCUT2D eigenvalue weighted by Gasteiger charge is 2.28. The SMILES string of the molecule is Cc1nc(C)n([C@@H]2CCCN(C(=O)c3csc(C)n3)C2)n1. The lowest BCUT2D eigenvalue weighted by atomic mass is 10.1. The maximum absolute atomic E-state index is 12.5. The van der Waals surface area contributed by atoms with Gasteiger partial charge in [0.05, 0.1) is 11.0 Å². The molecule has 0 unspecified atom stereocenters. The summed E-state index contributed by atoms with van der Waals surface area (Å²) in [5, 5.41) is 7.22. The van der Waals surface area contributed by atoms with Crippen molar-refractivity contribution in [1.82, 2.24) is 24.6 Å². The van der Waals surface area contributed by atoms with E-state index in [2.05, 4.69) is 15.1 Å². The maximum Gasteiger partial charge on any atom is 0.273 e. The molecule has 0 aromatic carbocycles. The molecule has 0 aliphatic carbocycles. The van der Waals surface area contributed by atoms with Crippen LogP contribution in [0.25, 0.3) is 0 Å². The fraction of sp³-hybridized carbons (Fsp3) is 0.571. The van der Waals surface area contributed by atoms with Crippen LogP contribution >= 0.6 is 11.3 Å². The Kier molecular flexibility index (Phi) is 3.75. The molecule has 0 spiro atoms. The van der Waals surface area contributed by atoms with Crippen LogP contribution in [0.5, 0.6) is 0 Å². The number of carbonyl (C=O) groups excluding carboxylic acids is 1. The number of nitrogens with zero attached hydrogens (tertiary/aromatic N) is 5. The number of hydrogen-bond donors (Lipinski definition) is 0. The summed E-state index contributed by atoms with van der Waals surface area (Å²) >= 11 is 1.51. The predicted molar refractivity (Wildman–Crippen MR) is 80.5 cm³/mol. The van der Waals surface area contributed by atoms with Gasteiger partial charge >= 0.3 is 0 Å². The number of hydrogen-bond acceptors (Lipinski definition) is 5. The Bertz CT molecular complexity index is 662. The molecule has 3 heterocycles. The molecule has 6 nitrogen and oxygen atoms in total. The first-order chi connectivity index (χ1) is 10.0. The first kappa shape index (κ1) is 14.2. The molecule has 1 atom stereocenters. The lowest BCUT2D eigenvalue weighted by Crippen LogP contribution is -2.41. The maximum atomic E-state index is 12.5. The molecule has 1 saturated heterocycles. The second-order valence-corrected chi connectivity index (χ2v) is 6.51. The molecule has 1 amide bonds. The van der Waals surface area contributed by atoms with Gasteiger partial charge in [0.1, 0.15) is 17.3 Å². The van der Waals surface area contributed by atoms with Crippen LogP contribution in [0.3, 0.4) is 0 Å². The zero-order chi connectivity index (χ0) is 15.0. The second-order valence-electron chi connectivity index (χ2n) is 5.45. The molecule has 1 fully saturated rings. The predicted octanol–water partition coefficient (Wildman–Crippen LogP) is 2.14. The third kappa shape index (κ3) is 2.83. The highest BCUT2D eigenvalue weighted by atomic mass is 32.1. The van der Waals surface area contributed by atoms with Crippen molar-refractivity contribution >= 4 is 17.2 Å². The van der Waals surface area contributed by atoms with Crippen molar-refractivity contribution in [2.45, 2.75) is 39.7 Å². The third-order valence-electron chi connectivity index (χ3n) is 3.78. The average Bonchev–Trinajstić information content (AvgIpc) is 3.04. The van der Waals surface area contributed by atoms with Gasteiger partial charge in [-0.25, -0.2) is 14.6 Å². The minimum absolute atomic E-state index is 0.0264. The van der Waals surface area contributed by atoms with E-state index in [0.29, 0.717) is 12.2 Å². The van der Waals surface area contributed by atoms with Crippen LogP contribution in [0.4, 0.5) is 0 Å². The van der Waals surface area contributed by atoms with Crippen molar-refractivity contribution in [3.05, 3.63) is 27.7 Å². The van der Waals surface area contributed by atoms with E-state index in [1.54, 1.807) is 0 Å². The smallest absolute Gasteiger partial charge is 0.273 e. The van der Waals surface area contributed by atoms with E-state index >= 15 is 0 Å². The highest BCUT2D eigenvalue weighted by molar-refractivity contribution is 7.09. The van der Waals surface area contributed by atoms with E-state index in [-0.39, 0.29) is 11.9 Å². The molecular weight excluding hydrogens is 286 g/mol. The number of amides is 1. The Morgan fingerprint density at radius 2 is 2.14 bits per heavy atom. The number of rotatable bonds is 2. The number of thiazole rings is 1. The van der Waals surface area contributed by atoms with Crippen LogP contribution in [0.1, 0.15) is 46.0 Å². The van der Waals surface area contributed by atoms with Gasteiger partial charge < -0.3 is 4.90 Å². The molecule has 0 radical (unpaired) electrons. The van der Waals surface area contributed by atoms with E-state index in [1.165, 1.54) is 11.3 Å². The number of piperidine rings is 1. The Balaban J connectivity index is 1.77. The fourth-order valence-corrected chi connectivity index (χ4v) is 3.43. The van der Waals surface area contributed by atoms with E-state index in [0.717, 1.165) is 36.0 Å². The lowest BCUT2D eigenvalue weighted by molar-refractivity contribution is 0.0666. The first-order valence-corrected chi connectivity index (χ1v) is 8.03. The van der Waals surface area contributed by atoms with Crippen molar-refractivity contribution in [3.63, 3.8) is 0 Å². The monoisotopic (exact) mass is 305 g/mol. The Labute approximate surface area is 127 Å². The topological polar surface area (TPSA) is 63.9 Å². The number of aryl methyl sites for hydroxylation is 3. The van der Waals surface area contributed by atoms with Crippen molar-refractivity contribution in [1.29, 1.82) is 0 Å². The molecule has 2 aromatic rings. The molecule has 3 rings (SSSR count). The van der Waals surface area contributed by atoms with E-state index < -0.39 is 0 Å². The van der Waals surface area contributed by atoms with E-state index in [9.17, 15) is 4.79 Å². The minimum atomic E-state index is 0.0264. The minimum Gasteiger partial charge on any atom is -0.335 e. The molecule has 112 valence electrons. The lowest BCUT2D eigenvalue weighted by Gasteiger charge is -2.32.